The standard InChI is InChI=1S/C21H23N5O4S/c1-24-13-22-18-17(24)20(27)26(21(28)25(18)2)9-4-10-31-12-15-11-30-19(23-15)14-5-7-16(29-3)8-6-14/h5-8,11,13H,4,9-10,12H2,1-3H3. The van der Waals surface area contributed by atoms with Crippen LogP contribution < -0.4 is 16.0 Å². The minimum Gasteiger partial charge on any atom is -0.497 e. The molecule has 0 fully saturated rings. The van der Waals surface area contributed by atoms with Crippen molar-refractivity contribution in [1.82, 2.24) is 23.7 Å². The first-order valence-electron chi connectivity index (χ1n) is 9.77. The first-order chi connectivity index (χ1) is 15.0. The van der Waals surface area contributed by atoms with Crippen molar-refractivity contribution in [1.29, 1.82) is 0 Å². The van der Waals surface area contributed by atoms with Crippen LogP contribution in [-0.2, 0) is 26.4 Å². The van der Waals surface area contributed by atoms with Crippen LogP contribution in [0, 0.1) is 0 Å². The molecule has 0 saturated heterocycles. The Balaban J connectivity index is 1.34. The number of rotatable bonds is 8. The number of oxazole rings is 1. The van der Waals surface area contributed by atoms with Gasteiger partial charge >= 0.3 is 5.69 Å². The zero-order chi connectivity index (χ0) is 22.0. The number of fused-ring (bicyclic) bond motifs is 1. The number of aryl methyl sites for hydroxylation is 2. The summed E-state index contributed by atoms with van der Waals surface area (Å²) in [6.45, 7) is 0.357. The lowest BCUT2D eigenvalue weighted by atomic mass is 10.2. The normalized spacial score (nSPS) is 11.3. The Kier molecular flexibility index (Phi) is 5.99. The minimum atomic E-state index is -0.346. The largest absolute Gasteiger partial charge is 0.497 e. The van der Waals surface area contributed by atoms with Crippen molar-refractivity contribution in [2.75, 3.05) is 12.9 Å². The molecule has 3 aromatic heterocycles. The Labute approximate surface area is 182 Å². The van der Waals surface area contributed by atoms with Crippen molar-refractivity contribution >= 4 is 22.9 Å². The molecule has 0 aliphatic heterocycles. The van der Waals surface area contributed by atoms with Crippen molar-refractivity contribution in [2.45, 2.75) is 18.7 Å². The van der Waals surface area contributed by atoms with Gasteiger partial charge in [-0.25, -0.2) is 14.8 Å². The molecule has 162 valence electrons. The van der Waals surface area contributed by atoms with E-state index in [2.05, 4.69) is 9.97 Å². The molecule has 0 saturated carbocycles. The van der Waals surface area contributed by atoms with Crippen LogP contribution in [0.1, 0.15) is 12.1 Å². The molecule has 0 spiro atoms. The third-order valence-electron chi connectivity index (χ3n) is 5.01. The Morgan fingerprint density at radius 3 is 2.68 bits per heavy atom. The maximum atomic E-state index is 12.7. The molecule has 10 heteroatoms. The summed E-state index contributed by atoms with van der Waals surface area (Å²) in [6, 6.07) is 7.53. The molecule has 0 radical (unpaired) electrons. The number of nitrogens with zero attached hydrogens (tertiary/aromatic N) is 5. The van der Waals surface area contributed by atoms with Gasteiger partial charge in [-0.15, -0.1) is 0 Å². The molecule has 9 nitrogen and oxygen atoms in total. The average Bonchev–Trinajstić information content (AvgIpc) is 3.41. The first kappa shape index (κ1) is 21.0. The van der Waals surface area contributed by atoms with Crippen molar-refractivity contribution in [3.8, 4) is 17.2 Å². The lowest BCUT2D eigenvalue weighted by Crippen LogP contribution is -2.39. The smallest absolute Gasteiger partial charge is 0.332 e. The minimum absolute atomic E-state index is 0.302. The van der Waals surface area contributed by atoms with E-state index in [9.17, 15) is 9.59 Å². The van der Waals surface area contributed by atoms with Gasteiger partial charge in [0.05, 0.1) is 19.1 Å². The molecule has 0 atom stereocenters. The van der Waals surface area contributed by atoms with Crippen LogP contribution in [0.3, 0.4) is 0 Å². The molecule has 4 rings (SSSR count). The van der Waals surface area contributed by atoms with E-state index in [0.717, 1.165) is 22.8 Å². The topological polar surface area (TPSA) is 97.1 Å². The zero-order valence-corrected chi connectivity index (χ0v) is 18.4. The van der Waals surface area contributed by atoms with Gasteiger partial charge in [-0.05, 0) is 36.4 Å². The van der Waals surface area contributed by atoms with Gasteiger partial charge in [0, 0.05) is 32.0 Å². The fourth-order valence-electron chi connectivity index (χ4n) is 3.33. The second-order valence-corrected chi connectivity index (χ2v) is 8.21. The highest BCUT2D eigenvalue weighted by molar-refractivity contribution is 7.98. The lowest BCUT2D eigenvalue weighted by Gasteiger charge is -2.08. The van der Waals surface area contributed by atoms with Gasteiger partial charge in [0.15, 0.2) is 11.2 Å². The number of methoxy groups -OCH3 is 1. The van der Waals surface area contributed by atoms with Gasteiger partial charge in [0.25, 0.3) is 5.56 Å². The molecule has 0 amide bonds. The SMILES string of the molecule is COc1ccc(-c2nc(CSCCCn3c(=O)c4c(ncn4C)n(C)c3=O)co2)cc1. The van der Waals surface area contributed by atoms with Crippen molar-refractivity contribution in [3.63, 3.8) is 0 Å². The zero-order valence-electron chi connectivity index (χ0n) is 17.6. The van der Waals surface area contributed by atoms with Crippen molar-refractivity contribution < 1.29 is 9.15 Å². The molecule has 31 heavy (non-hydrogen) atoms. The lowest BCUT2D eigenvalue weighted by molar-refractivity contribution is 0.415. The van der Waals surface area contributed by atoms with Crippen LogP contribution in [0.4, 0.5) is 0 Å². The van der Waals surface area contributed by atoms with Crippen molar-refractivity contribution in [3.05, 3.63) is 63.4 Å². The van der Waals surface area contributed by atoms with E-state index in [4.69, 9.17) is 9.15 Å². The number of imidazole rings is 1. The molecule has 4 aromatic rings. The van der Waals surface area contributed by atoms with Crippen molar-refractivity contribution in [2.24, 2.45) is 14.1 Å². The fraction of sp³-hybridized carbons (Fsp3) is 0.333. The Bertz CT molecular complexity index is 1320. The van der Waals surface area contributed by atoms with Gasteiger partial charge in [-0.2, -0.15) is 11.8 Å². The highest BCUT2D eigenvalue weighted by atomic mass is 32.2. The molecule has 0 bridgehead atoms. The van der Waals surface area contributed by atoms with E-state index >= 15 is 0 Å². The van der Waals surface area contributed by atoms with E-state index in [0.29, 0.717) is 35.8 Å². The van der Waals surface area contributed by atoms with Crippen LogP contribution in [-0.4, -0.2) is 36.5 Å². The fourth-order valence-corrected chi connectivity index (χ4v) is 4.15. The molecule has 0 aliphatic carbocycles. The van der Waals surface area contributed by atoms with Crippen LogP contribution in [0.2, 0.25) is 0 Å². The third-order valence-corrected chi connectivity index (χ3v) is 6.09. The summed E-state index contributed by atoms with van der Waals surface area (Å²) in [5.41, 5.74) is 1.92. The number of ether oxygens (including phenoxy) is 1. The summed E-state index contributed by atoms with van der Waals surface area (Å²) in [4.78, 5) is 33.9. The molecular formula is C21H23N5O4S. The van der Waals surface area contributed by atoms with Crippen LogP contribution in [0.25, 0.3) is 22.6 Å². The van der Waals surface area contributed by atoms with Crippen LogP contribution in [0.5, 0.6) is 5.75 Å². The van der Waals surface area contributed by atoms with Crippen LogP contribution in [0.15, 0.2) is 50.9 Å². The Morgan fingerprint density at radius 1 is 1.16 bits per heavy atom. The third kappa shape index (κ3) is 4.15. The molecule has 0 unspecified atom stereocenters. The Hall–Kier alpha value is -3.27. The van der Waals surface area contributed by atoms with Gasteiger partial charge < -0.3 is 13.7 Å². The maximum Gasteiger partial charge on any atom is 0.332 e. The predicted molar refractivity (Wildman–Crippen MR) is 119 cm³/mol. The second-order valence-electron chi connectivity index (χ2n) is 7.10. The molecule has 1 aromatic carbocycles. The number of aromatic nitrogens is 5. The number of thioether (sulfide) groups is 1. The summed E-state index contributed by atoms with van der Waals surface area (Å²) in [5, 5.41) is 0. The van der Waals surface area contributed by atoms with E-state index in [-0.39, 0.29) is 11.2 Å². The highest BCUT2D eigenvalue weighted by Crippen LogP contribution is 2.23. The van der Waals surface area contributed by atoms with E-state index in [1.807, 2.05) is 24.3 Å². The number of hydrogen-bond acceptors (Lipinski definition) is 7. The van der Waals surface area contributed by atoms with Gasteiger partial charge in [-0.3, -0.25) is 13.9 Å². The highest BCUT2D eigenvalue weighted by Gasteiger charge is 2.14. The molecule has 3 heterocycles. The average molecular weight is 442 g/mol. The molecular weight excluding hydrogens is 418 g/mol. The first-order valence-corrected chi connectivity index (χ1v) is 10.9. The molecule has 0 N–H and O–H groups in total. The van der Waals surface area contributed by atoms with E-state index in [1.54, 1.807) is 50.1 Å². The number of benzene rings is 1. The Morgan fingerprint density at radius 2 is 1.94 bits per heavy atom. The van der Waals surface area contributed by atoms with Gasteiger partial charge in [-0.1, -0.05) is 0 Å². The summed E-state index contributed by atoms with van der Waals surface area (Å²) >= 11 is 1.68. The molecule has 0 aliphatic rings. The summed E-state index contributed by atoms with van der Waals surface area (Å²) < 4.78 is 15.1. The van der Waals surface area contributed by atoms with Gasteiger partial charge in [0.2, 0.25) is 5.89 Å². The summed E-state index contributed by atoms with van der Waals surface area (Å²) in [7, 11) is 5.01. The van der Waals surface area contributed by atoms with Crippen LogP contribution >= 0.6 is 11.8 Å². The monoisotopic (exact) mass is 441 g/mol. The van der Waals surface area contributed by atoms with E-state index < -0.39 is 0 Å². The predicted octanol–water partition coefficient (Wildman–Crippen LogP) is 2.42. The summed E-state index contributed by atoms with van der Waals surface area (Å²) in [5.74, 6) is 2.82. The van der Waals surface area contributed by atoms with E-state index in [1.165, 1.54) is 9.13 Å². The van der Waals surface area contributed by atoms with Gasteiger partial charge in [0.1, 0.15) is 12.0 Å². The quantitative estimate of drug-likeness (QED) is 0.387. The summed E-state index contributed by atoms with van der Waals surface area (Å²) in [6.07, 6.45) is 3.89. The number of hydrogen-bond donors (Lipinski definition) is 0. The maximum absolute atomic E-state index is 12.7. The second kappa shape index (κ2) is 8.84.